The number of nitrogens with one attached hydrogen (secondary N) is 1. The number of carbonyl (C=O) groups is 1. The van der Waals surface area contributed by atoms with Crippen molar-refractivity contribution in [3.8, 4) is 5.75 Å². The molecule has 0 aromatic heterocycles. The summed E-state index contributed by atoms with van der Waals surface area (Å²) in [5.41, 5.74) is -0.905. The monoisotopic (exact) mass is 319 g/mol. The average molecular weight is 320 g/mol. The number of halogens is 1. The normalized spacial score (nSPS) is 11.2. The second kappa shape index (κ2) is 7.92. The third kappa shape index (κ3) is 5.97. The summed E-state index contributed by atoms with van der Waals surface area (Å²) in [7, 11) is 3.40. The van der Waals surface area contributed by atoms with Gasteiger partial charge in [-0.1, -0.05) is 33.2 Å². The van der Waals surface area contributed by atoms with Crippen LogP contribution >= 0.6 is 33.2 Å². The smallest absolute Gasteiger partial charge is 0.263 e. The molecular weight excluding hydrogens is 302 g/mol. The van der Waals surface area contributed by atoms with Gasteiger partial charge in [0.2, 0.25) is 0 Å². The fraction of sp³-hybridized carbons (Fsp3) is 0.462. The molecule has 0 saturated heterocycles. The molecule has 0 bridgehead atoms. The summed E-state index contributed by atoms with van der Waals surface area (Å²) in [5, 5.41) is 3.51. The summed E-state index contributed by atoms with van der Waals surface area (Å²) >= 11 is 5.80. The van der Waals surface area contributed by atoms with Crippen molar-refractivity contribution >= 4 is 39.1 Å². The summed E-state index contributed by atoms with van der Waals surface area (Å²) in [6.45, 7) is 4.13. The molecule has 0 aliphatic rings. The van der Waals surface area contributed by atoms with Crippen molar-refractivity contribution in [3.63, 3.8) is 0 Å². The molecule has 0 aliphatic carbocycles. The second-order valence-electron chi connectivity index (χ2n) is 4.31. The number of carbonyl (C=O) groups excluding carboxylic acids is 1. The lowest BCUT2D eigenvalue weighted by Gasteiger charge is -2.25. The van der Waals surface area contributed by atoms with Gasteiger partial charge in [-0.3, -0.25) is 4.79 Å². The summed E-state index contributed by atoms with van der Waals surface area (Å²) < 4.78 is 5.69. The number of benzene rings is 1. The fourth-order valence-corrected chi connectivity index (χ4v) is 2.57. The molecule has 1 amide bonds. The summed E-state index contributed by atoms with van der Waals surface area (Å²) in [5.74, 6) is 1.39. The summed E-state index contributed by atoms with van der Waals surface area (Å²) in [6, 6.07) is 6.97. The van der Waals surface area contributed by atoms with Crippen LogP contribution in [-0.4, -0.2) is 30.1 Å². The van der Waals surface area contributed by atoms with E-state index in [-0.39, 0.29) is 5.91 Å². The molecule has 1 N–H and O–H groups in total. The Hall–Kier alpha value is -0.520. The van der Waals surface area contributed by atoms with Gasteiger partial charge in [0.25, 0.3) is 5.91 Å². The van der Waals surface area contributed by atoms with Crippen molar-refractivity contribution in [2.75, 3.05) is 18.6 Å². The summed E-state index contributed by atoms with van der Waals surface area (Å²) in [6.07, 6.45) is 2.01. The minimum absolute atomic E-state index is 0.121. The van der Waals surface area contributed by atoms with Crippen LogP contribution in [0.3, 0.4) is 0 Å². The molecule has 0 spiro atoms. The van der Waals surface area contributed by atoms with Gasteiger partial charge < -0.3 is 10.1 Å². The number of hydrogen-bond donors (Lipinski definition) is 1. The third-order valence-corrected chi connectivity index (χ3v) is 4.39. The van der Waals surface area contributed by atoms with E-state index in [2.05, 4.69) is 5.32 Å². The molecule has 0 saturated carbocycles. The second-order valence-corrected chi connectivity index (χ2v) is 7.43. The molecule has 6 heteroatoms. The molecule has 19 heavy (non-hydrogen) atoms. The molecule has 0 fully saturated rings. The van der Waals surface area contributed by atoms with Crippen molar-refractivity contribution in [1.29, 1.82) is 0 Å². The van der Waals surface area contributed by atoms with E-state index < -0.39 is 5.60 Å². The van der Waals surface area contributed by atoms with Gasteiger partial charge in [0.1, 0.15) is 5.75 Å². The van der Waals surface area contributed by atoms with E-state index in [4.69, 9.17) is 16.3 Å². The third-order valence-electron chi connectivity index (χ3n) is 2.32. The minimum Gasteiger partial charge on any atom is -0.478 e. The predicted molar refractivity (Wildman–Crippen MR) is 85.1 cm³/mol. The van der Waals surface area contributed by atoms with Gasteiger partial charge in [-0.2, -0.15) is 0 Å². The lowest BCUT2D eigenvalue weighted by Crippen LogP contribution is -2.47. The standard InChI is InChI=1S/C13H18ClNO2S2/c1-13(2,12(16)15-8-9-19-18-3)17-11-6-4-10(14)5-7-11/h4-7H,8-9H2,1-3H3,(H,15,16). The Morgan fingerprint density at radius 3 is 2.58 bits per heavy atom. The Bertz CT molecular complexity index is 410. The Morgan fingerprint density at radius 2 is 2.00 bits per heavy atom. The largest absolute Gasteiger partial charge is 0.478 e. The zero-order chi connectivity index (χ0) is 14.3. The highest BCUT2D eigenvalue weighted by Gasteiger charge is 2.29. The molecule has 3 nitrogen and oxygen atoms in total. The first kappa shape index (κ1) is 16.5. The van der Waals surface area contributed by atoms with Gasteiger partial charge >= 0.3 is 0 Å². The Morgan fingerprint density at radius 1 is 1.37 bits per heavy atom. The van der Waals surface area contributed by atoms with Crippen molar-refractivity contribution in [1.82, 2.24) is 5.32 Å². The number of ether oxygens (including phenoxy) is 1. The SMILES string of the molecule is CSSCCNC(=O)C(C)(C)Oc1ccc(Cl)cc1. The fourth-order valence-electron chi connectivity index (χ4n) is 1.35. The van der Waals surface area contributed by atoms with Crippen molar-refractivity contribution < 1.29 is 9.53 Å². The quantitative estimate of drug-likeness (QED) is 0.615. The first-order chi connectivity index (χ1) is 8.95. The van der Waals surface area contributed by atoms with Gasteiger partial charge in [-0.25, -0.2) is 0 Å². The van der Waals surface area contributed by atoms with E-state index in [0.29, 0.717) is 17.3 Å². The Balaban J connectivity index is 2.49. The molecule has 0 radical (unpaired) electrons. The van der Waals surface area contributed by atoms with E-state index in [0.717, 1.165) is 5.75 Å². The van der Waals surface area contributed by atoms with Crippen LogP contribution in [-0.2, 0) is 4.79 Å². The predicted octanol–water partition coefficient (Wildman–Crippen LogP) is 3.62. The van der Waals surface area contributed by atoms with Crippen LogP contribution in [0, 0.1) is 0 Å². The maximum absolute atomic E-state index is 12.0. The average Bonchev–Trinajstić information content (AvgIpc) is 2.37. The Kier molecular flexibility index (Phi) is 6.89. The number of hydrogen-bond acceptors (Lipinski definition) is 4. The molecular formula is C13H18ClNO2S2. The minimum atomic E-state index is -0.905. The molecule has 106 valence electrons. The Labute approximate surface area is 127 Å². The van der Waals surface area contributed by atoms with Gasteiger partial charge in [-0.15, -0.1) is 0 Å². The maximum Gasteiger partial charge on any atom is 0.263 e. The zero-order valence-corrected chi connectivity index (χ0v) is 13.6. The molecule has 0 unspecified atom stereocenters. The topological polar surface area (TPSA) is 38.3 Å². The van der Waals surface area contributed by atoms with Crippen LogP contribution in [0.25, 0.3) is 0 Å². The van der Waals surface area contributed by atoms with Crippen molar-refractivity contribution in [3.05, 3.63) is 29.3 Å². The molecule has 0 aliphatic heterocycles. The van der Waals surface area contributed by atoms with E-state index in [1.54, 1.807) is 59.7 Å². The van der Waals surface area contributed by atoms with E-state index >= 15 is 0 Å². The van der Waals surface area contributed by atoms with Gasteiger partial charge in [0.05, 0.1) is 0 Å². The van der Waals surface area contributed by atoms with Crippen LogP contribution < -0.4 is 10.1 Å². The van der Waals surface area contributed by atoms with Gasteiger partial charge in [0.15, 0.2) is 5.60 Å². The van der Waals surface area contributed by atoms with E-state index in [1.165, 1.54) is 0 Å². The molecule has 1 aromatic carbocycles. The zero-order valence-electron chi connectivity index (χ0n) is 11.2. The van der Waals surface area contributed by atoms with Crippen molar-refractivity contribution in [2.45, 2.75) is 19.4 Å². The number of amides is 1. The molecule has 0 heterocycles. The van der Waals surface area contributed by atoms with Crippen LogP contribution in [0.4, 0.5) is 0 Å². The number of rotatable bonds is 7. The maximum atomic E-state index is 12.0. The molecule has 1 rings (SSSR count). The van der Waals surface area contributed by atoms with Gasteiger partial charge in [-0.05, 0) is 44.4 Å². The highest BCUT2D eigenvalue weighted by Crippen LogP contribution is 2.21. The molecule has 0 atom stereocenters. The van der Waals surface area contributed by atoms with Crippen LogP contribution in [0.5, 0.6) is 5.75 Å². The molecule has 1 aromatic rings. The lowest BCUT2D eigenvalue weighted by molar-refractivity contribution is -0.134. The van der Waals surface area contributed by atoms with Crippen LogP contribution in [0.2, 0.25) is 5.02 Å². The summed E-state index contributed by atoms with van der Waals surface area (Å²) in [4.78, 5) is 12.0. The van der Waals surface area contributed by atoms with Crippen LogP contribution in [0.1, 0.15) is 13.8 Å². The first-order valence-electron chi connectivity index (χ1n) is 5.84. The highest BCUT2D eigenvalue weighted by molar-refractivity contribution is 8.76. The van der Waals surface area contributed by atoms with Gasteiger partial charge in [0, 0.05) is 17.3 Å². The highest BCUT2D eigenvalue weighted by atomic mass is 35.5. The van der Waals surface area contributed by atoms with E-state index in [1.807, 2.05) is 6.26 Å². The first-order valence-corrected chi connectivity index (χ1v) is 8.95. The van der Waals surface area contributed by atoms with Crippen LogP contribution in [0.15, 0.2) is 24.3 Å². The van der Waals surface area contributed by atoms with E-state index in [9.17, 15) is 4.79 Å². The lowest BCUT2D eigenvalue weighted by atomic mass is 10.1. The van der Waals surface area contributed by atoms with Crippen molar-refractivity contribution in [2.24, 2.45) is 0 Å².